The molecule has 1 aromatic heterocycles. The number of hydrogen-bond donors (Lipinski definition) is 5. The second kappa shape index (κ2) is 36.8. The van der Waals surface area contributed by atoms with E-state index in [1.165, 1.54) is 89.5 Å². The monoisotopic (exact) mass is 1070 g/mol. The number of nitrogens with two attached hydrogens (primary N) is 1. The van der Waals surface area contributed by atoms with E-state index in [0.717, 1.165) is 68.0 Å². The minimum absolute atomic E-state index is 0.0372. The first-order valence-corrected chi connectivity index (χ1v) is 30.0. The summed E-state index contributed by atoms with van der Waals surface area (Å²) in [6.07, 6.45) is 32.5. The number of anilines is 1. The van der Waals surface area contributed by atoms with Gasteiger partial charge in [0.15, 0.2) is 12.3 Å². The summed E-state index contributed by atoms with van der Waals surface area (Å²) >= 11 is 0. The SMILES string of the molecule is CCCCC/C=C\C/C=C\CC1OC1C/C=C\CCCC(=O)OC[C@H](COP(=O)(O)OP(=O)(O)OC[C@H]1O[C@@H](n2ccc(N)nc2=O)[C@H](O)[C@@H]1O)OC(=O)CCCCCCCCCCCCCCCCC(C)C. The van der Waals surface area contributed by atoms with Gasteiger partial charge in [-0.25, -0.2) is 13.9 Å². The minimum atomic E-state index is -5.44. The van der Waals surface area contributed by atoms with Gasteiger partial charge in [0.1, 0.15) is 30.7 Å². The molecule has 0 spiro atoms. The normalized spacial score (nSPS) is 22.1. The number of nitrogens with zero attached hydrogens (tertiary/aromatic N) is 2. The van der Waals surface area contributed by atoms with Gasteiger partial charge in [-0.3, -0.25) is 23.2 Å². The Kier molecular flexibility index (Phi) is 32.4. The molecule has 6 N–H and O–H groups in total. The molecule has 3 heterocycles. The molecule has 1 aromatic rings. The van der Waals surface area contributed by atoms with Crippen molar-refractivity contribution >= 4 is 33.4 Å². The summed E-state index contributed by atoms with van der Waals surface area (Å²) in [6, 6.07) is 1.25. The topological polar surface area (TPSA) is 278 Å². The third-order valence-electron chi connectivity index (χ3n) is 12.6. The van der Waals surface area contributed by atoms with Crippen LogP contribution in [0.25, 0.3) is 0 Å². The summed E-state index contributed by atoms with van der Waals surface area (Å²) in [5.41, 5.74) is 4.59. The molecule has 19 nitrogen and oxygen atoms in total. The quantitative estimate of drug-likeness (QED) is 0.0134. The zero-order chi connectivity index (χ0) is 53.3. The molecule has 0 aliphatic carbocycles. The van der Waals surface area contributed by atoms with Crippen LogP contribution < -0.4 is 11.4 Å². The summed E-state index contributed by atoms with van der Waals surface area (Å²) in [4.78, 5) is 62.1. The van der Waals surface area contributed by atoms with Crippen molar-refractivity contribution < 1.29 is 71.0 Å². The molecule has 0 radical (unpaired) electrons. The average Bonchev–Trinajstić information content (AvgIpc) is 4.03. The Labute approximate surface area is 433 Å². The van der Waals surface area contributed by atoms with Crippen molar-refractivity contribution in [2.24, 2.45) is 5.92 Å². The van der Waals surface area contributed by atoms with E-state index in [1.54, 1.807) is 0 Å². The molecule has 4 unspecified atom stereocenters. The van der Waals surface area contributed by atoms with Gasteiger partial charge in [0, 0.05) is 19.0 Å². The molecule has 21 heteroatoms. The van der Waals surface area contributed by atoms with Crippen molar-refractivity contribution in [3.05, 3.63) is 59.2 Å². The van der Waals surface area contributed by atoms with Crippen LogP contribution in [0.2, 0.25) is 0 Å². The third kappa shape index (κ3) is 29.7. The molecule has 2 aliphatic rings. The number of esters is 2. The number of ether oxygens (including phenoxy) is 4. The second-order valence-corrected chi connectivity index (χ2v) is 22.6. The number of aromatic nitrogens is 2. The number of allylic oxidation sites excluding steroid dienone is 4. The van der Waals surface area contributed by atoms with E-state index in [2.05, 4.69) is 54.4 Å². The van der Waals surface area contributed by atoms with Crippen LogP contribution in [0.5, 0.6) is 0 Å². The first kappa shape index (κ1) is 64.2. The Hall–Kier alpha value is -3.06. The highest BCUT2D eigenvalue weighted by atomic mass is 31.3. The number of nitrogen functional groups attached to an aromatic ring is 1. The Morgan fingerprint density at radius 2 is 1.27 bits per heavy atom. The maximum atomic E-state index is 12.9. The number of epoxide rings is 1. The molecule has 73 heavy (non-hydrogen) atoms. The molecule has 2 saturated heterocycles. The lowest BCUT2D eigenvalue weighted by molar-refractivity contribution is -0.161. The number of phosphoric ester groups is 2. The Bertz CT molecular complexity index is 1950. The van der Waals surface area contributed by atoms with Gasteiger partial charge in [-0.1, -0.05) is 160 Å². The molecule has 418 valence electrons. The summed E-state index contributed by atoms with van der Waals surface area (Å²) in [6.45, 7) is 4.40. The first-order valence-electron chi connectivity index (χ1n) is 27.0. The van der Waals surface area contributed by atoms with E-state index in [9.17, 15) is 43.5 Å². The highest BCUT2D eigenvalue weighted by molar-refractivity contribution is 7.61. The number of unbranched alkanes of at least 4 members (excludes halogenated alkanes) is 17. The van der Waals surface area contributed by atoms with Crippen molar-refractivity contribution in [3.8, 4) is 0 Å². The van der Waals surface area contributed by atoms with E-state index in [-0.39, 0.29) is 30.9 Å². The van der Waals surface area contributed by atoms with E-state index >= 15 is 0 Å². The molecule has 0 aromatic carbocycles. The molecule has 9 atom stereocenters. The van der Waals surface area contributed by atoms with E-state index in [4.69, 9.17) is 33.7 Å². The predicted molar refractivity (Wildman–Crippen MR) is 279 cm³/mol. The van der Waals surface area contributed by atoms with Crippen LogP contribution in [0.4, 0.5) is 5.82 Å². The minimum Gasteiger partial charge on any atom is -0.462 e. The van der Waals surface area contributed by atoms with Crippen LogP contribution in [0, 0.1) is 5.92 Å². The van der Waals surface area contributed by atoms with E-state index in [0.29, 0.717) is 19.3 Å². The number of rotatable bonds is 43. The number of aliphatic hydroxyl groups is 2. The van der Waals surface area contributed by atoms with Crippen molar-refractivity contribution in [3.63, 3.8) is 0 Å². The number of carbonyl (C=O) groups excluding carboxylic acids is 2. The van der Waals surface area contributed by atoms with E-state index < -0.39 is 83.7 Å². The second-order valence-electron chi connectivity index (χ2n) is 19.6. The van der Waals surface area contributed by atoms with Crippen molar-refractivity contribution in [2.45, 2.75) is 231 Å². The highest BCUT2D eigenvalue weighted by Crippen LogP contribution is 2.60. The number of aliphatic hydroxyl groups excluding tert-OH is 2. The maximum absolute atomic E-state index is 12.9. The van der Waals surface area contributed by atoms with Crippen LogP contribution in [-0.2, 0) is 51.0 Å². The molecule has 0 amide bonds. The van der Waals surface area contributed by atoms with Gasteiger partial charge in [-0.05, 0) is 63.4 Å². The lowest BCUT2D eigenvalue weighted by Gasteiger charge is -2.21. The maximum Gasteiger partial charge on any atom is 0.481 e. The largest absolute Gasteiger partial charge is 0.481 e. The van der Waals surface area contributed by atoms with E-state index in [1.807, 2.05) is 12.2 Å². The standard InChI is InChI=1S/C52H89N3O16P2/c1-4-5-6-7-8-15-19-22-27-32-43-44(69-43)33-28-24-25-29-34-47(56)65-38-42(68-48(57)35-30-23-20-17-14-12-10-9-11-13-16-18-21-26-31-41(2)3)39-66-72(61,62)71-73(63,64)67-40-45-49(58)50(59)51(70-45)55-37-36-46(53)54-52(55)60/h8,15,22,24,27-28,36-37,41-45,49-51,58-59H,4-7,9-14,16-21,23,25-26,29-35,38-40H2,1-3H3,(H,61,62)(H,63,64)(H2,53,54,60)/b15-8-,27-22-,28-24-/t42-,43?,44?,45-,49-,50-,51-/m1/s1. The summed E-state index contributed by atoms with van der Waals surface area (Å²) in [5.74, 6) is -0.576. The molecule has 3 rings (SSSR count). The van der Waals surface area contributed by atoms with Crippen LogP contribution in [0.3, 0.4) is 0 Å². The zero-order valence-corrected chi connectivity index (χ0v) is 45.6. The number of hydrogen-bond acceptors (Lipinski definition) is 16. The molecular formula is C52H89N3O16P2. The predicted octanol–water partition coefficient (Wildman–Crippen LogP) is 10.4. The van der Waals surface area contributed by atoms with Crippen LogP contribution in [0.15, 0.2) is 53.5 Å². The van der Waals surface area contributed by atoms with Gasteiger partial charge < -0.3 is 44.7 Å². The zero-order valence-electron chi connectivity index (χ0n) is 43.8. The smallest absolute Gasteiger partial charge is 0.462 e. The summed E-state index contributed by atoms with van der Waals surface area (Å²) in [5, 5.41) is 20.9. The molecule has 0 saturated carbocycles. The van der Waals surface area contributed by atoms with Crippen molar-refractivity contribution in [1.82, 2.24) is 9.55 Å². The lowest BCUT2D eigenvalue weighted by atomic mass is 10.0. The number of phosphoric acid groups is 2. The van der Waals surface area contributed by atoms with Gasteiger partial charge in [0.05, 0.1) is 25.4 Å². The van der Waals surface area contributed by atoms with Gasteiger partial charge in [0.2, 0.25) is 0 Å². The summed E-state index contributed by atoms with van der Waals surface area (Å²) < 4.78 is 62.6. The molecule has 2 aliphatic heterocycles. The van der Waals surface area contributed by atoms with Gasteiger partial charge in [0.25, 0.3) is 0 Å². The average molecular weight is 1070 g/mol. The highest BCUT2D eigenvalue weighted by Gasteiger charge is 2.46. The van der Waals surface area contributed by atoms with Gasteiger partial charge in [-0.2, -0.15) is 9.29 Å². The Morgan fingerprint density at radius 3 is 1.90 bits per heavy atom. The Morgan fingerprint density at radius 1 is 0.712 bits per heavy atom. The van der Waals surface area contributed by atoms with Crippen LogP contribution >= 0.6 is 15.6 Å². The number of carbonyl (C=O) groups is 2. The summed E-state index contributed by atoms with van der Waals surface area (Å²) in [7, 11) is -10.9. The lowest BCUT2D eigenvalue weighted by Crippen LogP contribution is -2.36. The van der Waals surface area contributed by atoms with Gasteiger partial charge >= 0.3 is 33.3 Å². The van der Waals surface area contributed by atoms with Crippen molar-refractivity contribution in [1.29, 1.82) is 0 Å². The third-order valence-corrected chi connectivity index (χ3v) is 15.2. The first-order chi connectivity index (χ1) is 35.0. The fourth-order valence-corrected chi connectivity index (χ4v) is 10.3. The van der Waals surface area contributed by atoms with Gasteiger partial charge in [-0.15, -0.1) is 0 Å². The molecular weight excluding hydrogens is 985 g/mol. The van der Waals surface area contributed by atoms with Crippen molar-refractivity contribution in [2.75, 3.05) is 25.6 Å². The van der Waals surface area contributed by atoms with Crippen LogP contribution in [0.1, 0.15) is 194 Å². The molecule has 2 fully saturated rings. The van der Waals surface area contributed by atoms with Crippen LogP contribution in [-0.4, -0.2) is 97.9 Å². The fraction of sp³-hybridized carbons (Fsp3) is 0.769. The Balaban J connectivity index is 1.40. The fourth-order valence-electron chi connectivity index (χ4n) is 8.24. The molecule has 0 bridgehead atoms.